The number of carboxylic acid groups (broad SMARTS) is 1. The van der Waals surface area contributed by atoms with Gasteiger partial charge in [-0.3, -0.25) is 9.59 Å². The van der Waals surface area contributed by atoms with Crippen molar-refractivity contribution < 1.29 is 19.2 Å². The standard InChI is InChI=1S/C16H23N3O4/c1-10-17-14(23-18-10)13-8-4-5-9-19(13)15(20)11-6-2-3-7-12(11)16(21)22/h11-13H,2-9H2,1H3,(H,21,22)/t11-,12-,13-/m0/s1. The number of carbonyl (C=O) groups excluding carboxylic acids is 1. The zero-order chi connectivity index (χ0) is 16.4. The van der Waals surface area contributed by atoms with E-state index in [4.69, 9.17) is 4.52 Å². The summed E-state index contributed by atoms with van der Waals surface area (Å²) in [5.74, 6) is -0.880. The van der Waals surface area contributed by atoms with E-state index in [1.54, 1.807) is 11.8 Å². The van der Waals surface area contributed by atoms with E-state index in [-0.39, 0.29) is 11.9 Å². The average Bonchev–Trinajstić information content (AvgIpc) is 3.00. The van der Waals surface area contributed by atoms with E-state index in [0.29, 0.717) is 31.1 Å². The number of carbonyl (C=O) groups is 2. The van der Waals surface area contributed by atoms with Gasteiger partial charge in [0.2, 0.25) is 11.8 Å². The third kappa shape index (κ3) is 3.23. The van der Waals surface area contributed by atoms with Crippen LogP contribution in [0.15, 0.2) is 4.52 Å². The summed E-state index contributed by atoms with van der Waals surface area (Å²) in [5, 5.41) is 13.3. The quantitative estimate of drug-likeness (QED) is 0.917. The number of hydrogen-bond donors (Lipinski definition) is 1. The lowest BCUT2D eigenvalue weighted by Gasteiger charge is -2.38. The van der Waals surface area contributed by atoms with Crippen LogP contribution >= 0.6 is 0 Å². The fourth-order valence-electron chi connectivity index (χ4n) is 3.84. The molecule has 3 rings (SSSR count). The molecule has 1 aliphatic carbocycles. The molecular weight excluding hydrogens is 298 g/mol. The molecule has 1 saturated heterocycles. The van der Waals surface area contributed by atoms with Crippen LogP contribution in [0.5, 0.6) is 0 Å². The monoisotopic (exact) mass is 321 g/mol. The first kappa shape index (κ1) is 16.0. The van der Waals surface area contributed by atoms with Crippen molar-refractivity contribution in [3.05, 3.63) is 11.7 Å². The number of nitrogens with zero attached hydrogens (tertiary/aromatic N) is 3. The zero-order valence-electron chi connectivity index (χ0n) is 13.4. The van der Waals surface area contributed by atoms with Crippen LogP contribution in [0.4, 0.5) is 0 Å². The van der Waals surface area contributed by atoms with Gasteiger partial charge in [-0.25, -0.2) is 0 Å². The Hall–Kier alpha value is -1.92. The Labute approximate surface area is 135 Å². The molecule has 0 spiro atoms. The molecule has 1 amide bonds. The second kappa shape index (κ2) is 6.68. The Kier molecular flexibility index (Phi) is 4.63. The molecule has 2 aliphatic rings. The SMILES string of the molecule is Cc1noc([C@@H]2CCCCN2C(=O)[C@H]2CCCC[C@@H]2C(=O)O)n1. The van der Waals surface area contributed by atoms with E-state index >= 15 is 0 Å². The highest BCUT2D eigenvalue weighted by Gasteiger charge is 2.41. The number of aliphatic carboxylic acids is 1. The fourth-order valence-corrected chi connectivity index (χ4v) is 3.84. The molecule has 1 aliphatic heterocycles. The molecule has 2 heterocycles. The van der Waals surface area contributed by atoms with Crippen LogP contribution in [-0.4, -0.2) is 38.6 Å². The van der Waals surface area contributed by atoms with Crippen molar-refractivity contribution in [2.24, 2.45) is 11.8 Å². The molecule has 7 heteroatoms. The normalized spacial score (nSPS) is 28.6. The van der Waals surface area contributed by atoms with Crippen molar-refractivity contribution in [3.63, 3.8) is 0 Å². The molecular formula is C16H23N3O4. The topological polar surface area (TPSA) is 96.5 Å². The van der Waals surface area contributed by atoms with Gasteiger partial charge in [-0.05, 0) is 39.0 Å². The number of likely N-dealkylation sites (tertiary alicyclic amines) is 1. The van der Waals surface area contributed by atoms with Gasteiger partial charge < -0.3 is 14.5 Å². The number of aromatic nitrogens is 2. The summed E-state index contributed by atoms with van der Waals surface area (Å²) in [6, 6.07) is -0.214. The number of amides is 1. The summed E-state index contributed by atoms with van der Waals surface area (Å²) < 4.78 is 5.27. The highest BCUT2D eigenvalue weighted by Crippen LogP contribution is 2.36. The molecule has 7 nitrogen and oxygen atoms in total. The number of piperidine rings is 1. The lowest BCUT2D eigenvalue weighted by Crippen LogP contribution is -2.46. The van der Waals surface area contributed by atoms with Crippen LogP contribution in [0, 0.1) is 18.8 Å². The Bertz CT molecular complexity index is 586. The van der Waals surface area contributed by atoms with Crippen molar-refractivity contribution >= 4 is 11.9 Å². The predicted molar refractivity (Wildman–Crippen MR) is 80.4 cm³/mol. The number of hydrogen-bond acceptors (Lipinski definition) is 5. The molecule has 0 radical (unpaired) electrons. The van der Waals surface area contributed by atoms with Gasteiger partial charge in [-0.2, -0.15) is 4.98 Å². The molecule has 1 aromatic heterocycles. The summed E-state index contributed by atoms with van der Waals surface area (Å²) in [7, 11) is 0. The second-order valence-corrected chi connectivity index (χ2v) is 6.56. The molecule has 1 N–H and O–H groups in total. The summed E-state index contributed by atoms with van der Waals surface area (Å²) in [6.45, 7) is 2.39. The van der Waals surface area contributed by atoms with Crippen molar-refractivity contribution in [1.82, 2.24) is 15.0 Å². The van der Waals surface area contributed by atoms with E-state index in [1.165, 1.54) is 0 Å². The minimum Gasteiger partial charge on any atom is -0.481 e. The second-order valence-electron chi connectivity index (χ2n) is 6.56. The van der Waals surface area contributed by atoms with Crippen LogP contribution in [-0.2, 0) is 9.59 Å². The van der Waals surface area contributed by atoms with Gasteiger partial charge in [0.05, 0.1) is 11.8 Å². The maximum Gasteiger partial charge on any atom is 0.307 e. The summed E-state index contributed by atoms with van der Waals surface area (Å²) in [4.78, 5) is 30.6. The van der Waals surface area contributed by atoms with Crippen LogP contribution in [0.25, 0.3) is 0 Å². The predicted octanol–water partition coefficient (Wildman–Crippen LogP) is 2.32. The van der Waals surface area contributed by atoms with Crippen LogP contribution in [0.2, 0.25) is 0 Å². The lowest BCUT2D eigenvalue weighted by molar-refractivity contribution is -0.154. The summed E-state index contributed by atoms with van der Waals surface area (Å²) in [6.07, 6.45) is 5.76. The largest absolute Gasteiger partial charge is 0.481 e. The first-order chi connectivity index (χ1) is 11.1. The maximum atomic E-state index is 13.0. The zero-order valence-corrected chi connectivity index (χ0v) is 13.4. The molecule has 1 saturated carbocycles. The van der Waals surface area contributed by atoms with Gasteiger partial charge in [-0.15, -0.1) is 0 Å². The molecule has 23 heavy (non-hydrogen) atoms. The average molecular weight is 321 g/mol. The Morgan fingerprint density at radius 2 is 1.83 bits per heavy atom. The van der Waals surface area contributed by atoms with Crippen LogP contribution < -0.4 is 0 Å². The first-order valence-electron chi connectivity index (χ1n) is 8.41. The van der Waals surface area contributed by atoms with E-state index in [1.807, 2.05) is 0 Å². The fraction of sp³-hybridized carbons (Fsp3) is 0.750. The third-order valence-electron chi connectivity index (χ3n) is 5.01. The van der Waals surface area contributed by atoms with Crippen LogP contribution in [0.3, 0.4) is 0 Å². The van der Waals surface area contributed by atoms with E-state index in [2.05, 4.69) is 10.1 Å². The molecule has 0 aromatic carbocycles. The van der Waals surface area contributed by atoms with E-state index in [9.17, 15) is 14.7 Å². The van der Waals surface area contributed by atoms with E-state index < -0.39 is 17.8 Å². The van der Waals surface area contributed by atoms with E-state index in [0.717, 1.165) is 32.1 Å². The van der Waals surface area contributed by atoms with Gasteiger partial charge in [0, 0.05) is 6.54 Å². The molecule has 126 valence electrons. The maximum absolute atomic E-state index is 13.0. The number of rotatable bonds is 3. The van der Waals surface area contributed by atoms with Gasteiger partial charge in [0.15, 0.2) is 5.82 Å². The van der Waals surface area contributed by atoms with Gasteiger partial charge in [0.1, 0.15) is 6.04 Å². The van der Waals surface area contributed by atoms with Gasteiger partial charge in [0.25, 0.3) is 0 Å². The van der Waals surface area contributed by atoms with Gasteiger partial charge in [-0.1, -0.05) is 18.0 Å². The molecule has 0 bridgehead atoms. The first-order valence-corrected chi connectivity index (χ1v) is 8.41. The Morgan fingerprint density at radius 1 is 1.13 bits per heavy atom. The highest BCUT2D eigenvalue weighted by molar-refractivity contribution is 5.85. The van der Waals surface area contributed by atoms with Crippen molar-refractivity contribution in [2.75, 3.05) is 6.54 Å². The molecule has 3 atom stereocenters. The van der Waals surface area contributed by atoms with Gasteiger partial charge >= 0.3 is 5.97 Å². The molecule has 2 fully saturated rings. The summed E-state index contributed by atoms with van der Waals surface area (Å²) in [5.41, 5.74) is 0. The minimum atomic E-state index is -0.856. The lowest BCUT2D eigenvalue weighted by atomic mass is 9.78. The number of carboxylic acids is 1. The number of aryl methyl sites for hydroxylation is 1. The van der Waals surface area contributed by atoms with Crippen molar-refractivity contribution in [3.8, 4) is 0 Å². The van der Waals surface area contributed by atoms with Crippen LogP contribution in [0.1, 0.15) is 62.7 Å². The minimum absolute atomic E-state index is 0.0577. The molecule has 1 aromatic rings. The smallest absolute Gasteiger partial charge is 0.307 e. The molecule has 0 unspecified atom stereocenters. The Balaban J connectivity index is 1.81. The van der Waals surface area contributed by atoms with Crippen molar-refractivity contribution in [2.45, 2.75) is 57.9 Å². The highest BCUT2D eigenvalue weighted by atomic mass is 16.5. The summed E-state index contributed by atoms with van der Waals surface area (Å²) >= 11 is 0. The Morgan fingerprint density at radius 3 is 2.48 bits per heavy atom. The van der Waals surface area contributed by atoms with Crippen molar-refractivity contribution in [1.29, 1.82) is 0 Å². The third-order valence-corrected chi connectivity index (χ3v) is 5.01.